The Labute approximate surface area is 129 Å². The Morgan fingerprint density at radius 1 is 1.19 bits per heavy atom. The summed E-state index contributed by atoms with van der Waals surface area (Å²) in [7, 11) is 0. The number of benzene rings is 1. The van der Waals surface area contributed by atoms with Crippen LogP contribution < -0.4 is 5.32 Å². The van der Waals surface area contributed by atoms with Crippen molar-refractivity contribution in [2.75, 3.05) is 32.8 Å². The average Bonchev–Trinajstić information content (AvgIpc) is 2.53. The minimum absolute atomic E-state index is 0.574. The molecule has 118 valence electrons. The number of nitrogens with one attached hydrogen (secondary N) is 1. The summed E-state index contributed by atoms with van der Waals surface area (Å²) in [4.78, 5) is 2.59. The van der Waals surface area contributed by atoms with Crippen LogP contribution >= 0.6 is 0 Å². The molecule has 1 heterocycles. The van der Waals surface area contributed by atoms with Gasteiger partial charge in [0.05, 0.1) is 13.2 Å². The fourth-order valence-corrected chi connectivity index (χ4v) is 2.97. The molecule has 3 heteroatoms. The number of nitrogens with zero attached hydrogens (tertiary/aromatic N) is 1. The minimum atomic E-state index is 0.574. The van der Waals surface area contributed by atoms with Gasteiger partial charge in [0.2, 0.25) is 0 Å². The molecule has 0 aliphatic carbocycles. The van der Waals surface area contributed by atoms with Gasteiger partial charge in [-0.25, -0.2) is 0 Å². The van der Waals surface area contributed by atoms with Gasteiger partial charge in [-0.05, 0) is 43.5 Å². The van der Waals surface area contributed by atoms with Gasteiger partial charge in [-0.15, -0.1) is 0 Å². The Morgan fingerprint density at radius 3 is 2.76 bits per heavy atom. The van der Waals surface area contributed by atoms with Crippen molar-refractivity contribution >= 4 is 0 Å². The van der Waals surface area contributed by atoms with Crippen LogP contribution in [0, 0.1) is 0 Å². The summed E-state index contributed by atoms with van der Waals surface area (Å²) in [5.41, 5.74) is 2.97. The third kappa shape index (κ3) is 5.10. The fraction of sp³-hybridized carbons (Fsp3) is 0.667. The van der Waals surface area contributed by atoms with E-state index >= 15 is 0 Å². The highest BCUT2D eigenvalue weighted by molar-refractivity contribution is 5.27. The summed E-state index contributed by atoms with van der Waals surface area (Å²) in [5, 5.41) is 3.50. The third-order valence-electron chi connectivity index (χ3n) is 4.31. The summed E-state index contributed by atoms with van der Waals surface area (Å²) in [6.45, 7) is 10.5. The zero-order valence-corrected chi connectivity index (χ0v) is 13.6. The van der Waals surface area contributed by atoms with Crippen LogP contribution in [0.4, 0.5) is 0 Å². The summed E-state index contributed by atoms with van der Waals surface area (Å²) >= 11 is 0. The number of morpholine rings is 1. The summed E-state index contributed by atoms with van der Waals surface area (Å²) in [5.74, 6) is 0. The molecule has 0 amide bonds. The van der Waals surface area contributed by atoms with E-state index in [2.05, 4.69) is 48.3 Å². The van der Waals surface area contributed by atoms with Crippen LogP contribution in [0.2, 0.25) is 0 Å². The highest BCUT2D eigenvalue weighted by Gasteiger charge is 2.21. The van der Waals surface area contributed by atoms with Crippen molar-refractivity contribution in [3.05, 3.63) is 35.4 Å². The quantitative estimate of drug-likeness (QED) is 0.745. The third-order valence-corrected chi connectivity index (χ3v) is 4.31. The lowest BCUT2D eigenvalue weighted by Crippen LogP contribution is -2.44. The van der Waals surface area contributed by atoms with Crippen molar-refractivity contribution in [3.8, 4) is 0 Å². The van der Waals surface area contributed by atoms with Crippen molar-refractivity contribution in [2.24, 2.45) is 0 Å². The van der Waals surface area contributed by atoms with Crippen molar-refractivity contribution in [2.45, 2.75) is 45.7 Å². The second-order valence-electron chi connectivity index (χ2n) is 5.88. The highest BCUT2D eigenvalue weighted by Crippen LogP contribution is 2.17. The van der Waals surface area contributed by atoms with Gasteiger partial charge in [-0.2, -0.15) is 0 Å². The van der Waals surface area contributed by atoms with Crippen LogP contribution in [-0.4, -0.2) is 43.8 Å². The Hall–Kier alpha value is -0.900. The average molecular weight is 290 g/mol. The maximum Gasteiger partial charge on any atom is 0.0622 e. The molecule has 0 bridgehead atoms. The Bertz CT molecular complexity index is 408. The topological polar surface area (TPSA) is 24.5 Å². The predicted octanol–water partition coefficient (Wildman–Crippen LogP) is 2.84. The van der Waals surface area contributed by atoms with E-state index in [9.17, 15) is 0 Å². The van der Waals surface area contributed by atoms with Crippen LogP contribution in [0.5, 0.6) is 0 Å². The van der Waals surface area contributed by atoms with E-state index in [1.165, 1.54) is 24.0 Å². The minimum Gasteiger partial charge on any atom is -0.378 e. The number of hydrogen-bond donors (Lipinski definition) is 1. The van der Waals surface area contributed by atoms with Crippen molar-refractivity contribution in [3.63, 3.8) is 0 Å². The van der Waals surface area contributed by atoms with E-state index in [-0.39, 0.29) is 0 Å². The molecule has 1 unspecified atom stereocenters. The molecule has 21 heavy (non-hydrogen) atoms. The first kappa shape index (κ1) is 16.5. The first-order chi connectivity index (χ1) is 10.3. The Balaban J connectivity index is 1.95. The molecule has 1 N–H and O–H groups in total. The molecule has 0 radical (unpaired) electrons. The Morgan fingerprint density at radius 2 is 2.00 bits per heavy atom. The van der Waals surface area contributed by atoms with Crippen LogP contribution in [0.25, 0.3) is 0 Å². The standard InChI is InChI=1S/C18H30N2O/c1-3-10-19-11-9-16-7-5-6-8-17(16)14-20-12-13-21-15-18(20)4-2/h5-8,18-19H,3-4,9-15H2,1-2H3. The summed E-state index contributed by atoms with van der Waals surface area (Å²) in [6.07, 6.45) is 3.49. The molecule has 1 aliphatic heterocycles. The van der Waals surface area contributed by atoms with E-state index < -0.39 is 0 Å². The summed E-state index contributed by atoms with van der Waals surface area (Å²) < 4.78 is 5.61. The molecular weight excluding hydrogens is 260 g/mol. The van der Waals surface area contributed by atoms with Gasteiger partial charge >= 0.3 is 0 Å². The van der Waals surface area contributed by atoms with Crippen molar-refractivity contribution in [1.82, 2.24) is 10.2 Å². The van der Waals surface area contributed by atoms with Crippen LogP contribution in [0.1, 0.15) is 37.8 Å². The second-order valence-corrected chi connectivity index (χ2v) is 5.88. The molecule has 0 aromatic heterocycles. The number of ether oxygens (including phenoxy) is 1. The van der Waals surface area contributed by atoms with E-state index in [0.717, 1.165) is 45.8 Å². The van der Waals surface area contributed by atoms with Gasteiger partial charge in [0.25, 0.3) is 0 Å². The van der Waals surface area contributed by atoms with Gasteiger partial charge < -0.3 is 10.1 Å². The first-order valence-electron chi connectivity index (χ1n) is 8.44. The first-order valence-corrected chi connectivity index (χ1v) is 8.44. The zero-order chi connectivity index (χ0) is 14.9. The van der Waals surface area contributed by atoms with Gasteiger partial charge in [-0.1, -0.05) is 38.1 Å². The lowest BCUT2D eigenvalue weighted by atomic mass is 10.0. The van der Waals surface area contributed by atoms with Gasteiger partial charge in [0.1, 0.15) is 0 Å². The second kappa shape index (κ2) is 9.19. The van der Waals surface area contributed by atoms with E-state index in [1.807, 2.05) is 0 Å². The molecule has 1 aromatic carbocycles. The van der Waals surface area contributed by atoms with Crippen LogP contribution in [-0.2, 0) is 17.7 Å². The summed E-state index contributed by atoms with van der Waals surface area (Å²) in [6, 6.07) is 9.47. The molecule has 1 aromatic rings. The smallest absolute Gasteiger partial charge is 0.0622 e. The van der Waals surface area contributed by atoms with Gasteiger partial charge in [0.15, 0.2) is 0 Å². The highest BCUT2D eigenvalue weighted by atomic mass is 16.5. The predicted molar refractivity (Wildman–Crippen MR) is 88.6 cm³/mol. The van der Waals surface area contributed by atoms with Gasteiger partial charge in [-0.3, -0.25) is 4.90 Å². The van der Waals surface area contributed by atoms with Crippen molar-refractivity contribution in [1.29, 1.82) is 0 Å². The molecule has 1 aliphatic rings. The molecule has 1 fully saturated rings. The molecule has 3 nitrogen and oxygen atoms in total. The monoisotopic (exact) mass is 290 g/mol. The number of hydrogen-bond acceptors (Lipinski definition) is 3. The lowest BCUT2D eigenvalue weighted by molar-refractivity contribution is -0.0128. The van der Waals surface area contributed by atoms with Crippen LogP contribution in [0.15, 0.2) is 24.3 Å². The van der Waals surface area contributed by atoms with Crippen LogP contribution in [0.3, 0.4) is 0 Å². The molecule has 0 saturated carbocycles. The normalized spacial score (nSPS) is 19.8. The lowest BCUT2D eigenvalue weighted by Gasteiger charge is -2.35. The molecule has 0 spiro atoms. The molecule has 1 atom stereocenters. The maximum atomic E-state index is 5.61. The van der Waals surface area contributed by atoms with E-state index in [4.69, 9.17) is 4.74 Å². The zero-order valence-electron chi connectivity index (χ0n) is 13.6. The fourth-order valence-electron chi connectivity index (χ4n) is 2.97. The molecule has 2 rings (SSSR count). The molecule has 1 saturated heterocycles. The largest absolute Gasteiger partial charge is 0.378 e. The molecular formula is C18H30N2O. The maximum absolute atomic E-state index is 5.61. The van der Waals surface area contributed by atoms with Crippen molar-refractivity contribution < 1.29 is 4.74 Å². The Kier molecular flexibility index (Phi) is 7.20. The number of rotatable bonds is 8. The van der Waals surface area contributed by atoms with E-state index in [0.29, 0.717) is 6.04 Å². The van der Waals surface area contributed by atoms with Gasteiger partial charge in [0, 0.05) is 19.1 Å². The SMILES string of the molecule is CCCNCCc1ccccc1CN1CCOCC1CC. The van der Waals surface area contributed by atoms with E-state index in [1.54, 1.807) is 0 Å².